The highest BCUT2D eigenvalue weighted by Gasteiger charge is 2.43. The van der Waals surface area contributed by atoms with Gasteiger partial charge in [0.05, 0.1) is 12.7 Å². The largest absolute Gasteiger partial charge is 0.468 e. The number of methoxy groups -OCH3 is 1. The van der Waals surface area contributed by atoms with Crippen molar-refractivity contribution in [3.8, 4) is 0 Å². The summed E-state index contributed by atoms with van der Waals surface area (Å²) >= 11 is 0. The van der Waals surface area contributed by atoms with E-state index in [9.17, 15) is 4.79 Å². The molecule has 1 unspecified atom stereocenters. The highest BCUT2D eigenvalue weighted by atomic mass is 16.5. The molecule has 5 nitrogen and oxygen atoms in total. The van der Waals surface area contributed by atoms with Gasteiger partial charge in [-0.15, -0.1) is 0 Å². The molecule has 0 saturated carbocycles. The highest BCUT2D eigenvalue weighted by Crippen LogP contribution is 2.37. The lowest BCUT2D eigenvalue weighted by Gasteiger charge is -2.48. The Morgan fingerprint density at radius 3 is 2.76 bits per heavy atom. The fraction of sp³-hybridized carbons (Fsp3) is 0.938. The molecule has 3 aliphatic rings. The predicted octanol–water partition coefficient (Wildman–Crippen LogP) is 1.74. The van der Waals surface area contributed by atoms with Gasteiger partial charge in [-0.25, -0.2) is 0 Å². The van der Waals surface area contributed by atoms with E-state index in [4.69, 9.17) is 14.2 Å². The first-order valence-electron chi connectivity index (χ1n) is 8.29. The molecule has 0 aromatic heterocycles. The van der Waals surface area contributed by atoms with Crippen molar-refractivity contribution < 1.29 is 19.0 Å². The highest BCUT2D eigenvalue weighted by molar-refractivity contribution is 5.75. The fourth-order valence-electron chi connectivity index (χ4n) is 4.16. The van der Waals surface area contributed by atoms with Crippen LogP contribution in [0.4, 0.5) is 0 Å². The van der Waals surface area contributed by atoms with Crippen molar-refractivity contribution in [2.24, 2.45) is 0 Å². The van der Waals surface area contributed by atoms with Crippen molar-refractivity contribution in [3.05, 3.63) is 0 Å². The third kappa shape index (κ3) is 3.25. The molecule has 5 heteroatoms. The van der Waals surface area contributed by atoms with E-state index in [1.165, 1.54) is 13.5 Å². The number of carbonyl (C=O) groups is 1. The zero-order valence-electron chi connectivity index (χ0n) is 13.0. The maximum Gasteiger partial charge on any atom is 0.323 e. The Labute approximate surface area is 126 Å². The zero-order valence-corrected chi connectivity index (χ0v) is 13.0. The smallest absolute Gasteiger partial charge is 0.323 e. The number of likely N-dealkylation sites (tertiary alicyclic amines) is 1. The average molecular weight is 297 g/mol. The van der Waals surface area contributed by atoms with Crippen LogP contribution < -0.4 is 0 Å². The topological polar surface area (TPSA) is 48.0 Å². The molecule has 3 fully saturated rings. The van der Waals surface area contributed by atoms with E-state index in [2.05, 4.69) is 4.90 Å². The third-order valence-corrected chi connectivity index (χ3v) is 5.36. The summed E-state index contributed by atoms with van der Waals surface area (Å²) in [6.07, 6.45) is 7.26. The fourth-order valence-corrected chi connectivity index (χ4v) is 4.16. The molecular weight excluding hydrogens is 270 g/mol. The van der Waals surface area contributed by atoms with Gasteiger partial charge in [-0.2, -0.15) is 0 Å². The van der Waals surface area contributed by atoms with Gasteiger partial charge in [-0.05, 0) is 45.1 Å². The van der Waals surface area contributed by atoms with Crippen LogP contribution in [0.3, 0.4) is 0 Å². The minimum absolute atomic E-state index is 0.0146. The summed E-state index contributed by atoms with van der Waals surface area (Å²) in [5.41, 5.74) is -0.0146. The van der Waals surface area contributed by atoms with Crippen LogP contribution in [0.1, 0.15) is 44.9 Å². The Morgan fingerprint density at radius 2 is 2.00 bits per heavy atom. The van der Waals surface area contributed by atoms with Gasteiger partial charge in [-0.1, -0.05) is 6.42 Å². The molecule has 0 amide bonds. The molecule has 3 heterocycles. The number of ether oxygens (including phenoxy) is 3. The Morgan fingerprint density at radius 1 is 1.19 bits per heavy atom. The van der Waals surface area contributed by atoms with Crippen molar-refractivity contribution in [3.63, 3.8) is 0 Å². The van der Waals surface area contributed by atoms with E-state index in [0.717, 1.165) is 64.9 Å². The second-order valence-corrected chi connectivity index (χ2v) is 6.56. The van der Waals surface area contributed by atoms with E-state index < -0.39 is 0 Å². The molecule has 0 N–H and O–H groups in total. The number of hydrogen-bond acceptors (Lipinski definition) is 5. The molecule has 3 aliphatic heterocycles. The Hall–Kier alpha value is -0.650. The van der Waals surface area contributed by atoms with Gasteiger partial charge < -0.3 is 14.2 Å². The summed E-state index contributed by atoms with van der Waals surface area (Å²) in [5, 5.41) is 0. The summed E-state index contributed by atoms with van der Waals surface area (Å²) in [7, 11) is 1.50. The standard InChI is InChI=1S/C16H27NO4/c1-19-15(18)14-4-2-3-8-17(14)13-5-9-21-16(12-13)6-10-20-11-7-16/h13-14H,2-12H2,1H3/t13?,14-/m1/s1. The van der Waals surface area contributed by atoms with Crippen LogP contribution in [-0.2, 0) is 19.0 Å². The SMILES string of the molecule is COC(=O)[C@H]1CCCCN1C1CCOC2(CCOCC2)C1. The minimum Gasteiger partial charge on any atom is -0.468 e. The van der Waals surface area contributed by atoms with Gasteiger partial charge in [0.2, 0.25) is 0 Å². The quantitative estimate of drug-likeness (QED) is 0.727. The van der Waals surface area contributed by atoms with Crippen molar-refractivity contribution in [2.75, 3.05) is 33.5 Å². The molecule has 0 bridgehead atoms. The first-order valence-corrected chi connectivity index (χ1v) is 8.29. The Bertz CT molecular complexity index is 362. The van der Waals surface area contributed by atoms with Crippen LogP contribution in [0, 0.1) is 0 Å². The third-order valence-electron chi connectivity index (χ3n) is 5.36. The minimum atomic E-state index is -0.0674. The second kappa shape index (κ2) is 6.63. The second-order valence-electron chi connectivity index (χ2n) is 6.56. The van der Waals surface area contributed by atoms with E-state index in [1.54, 1.807) is 0 Å². The van der Waals surface area contributed by atoms with Crippen molar-refractivity contribution in [2.45, 2.75) is 62.6 Å². The van der Waals surface area contributed by atoms with Crippen LogP contribution in [0.2, 0.25) is 0 Å². The Kier molecular flexibility index (Phi) is 4.82. The molecule has 0 aliphatic carbocycles. The van der Waals surface area contributed by atoms with Crippen LogP contribution in [0.25, 0.3) is 0 Å². The van der Waals surface area contributed by atoms with E-state index in [-0.39, 0.29) is 17.6 Å². The van der Waals surface area contributed by atoms with Crippen molar-refractivity contribution in [1.82, 2.24) is 4.90 Å². The number of rotatable bonds is 2. The van der Waals surface area contributed by atoms with Crippen LogP contribution in [0.15, 0.2) is 0 Å². The van der Waals surface area contributed by atoms with Crippen LogP contribution in [0.5, 0.6) is 0 Å². The molecule has 2 atom stereocenters. The molecule has 21 heavy (non-hydrogen) atoms. The van der Waals surface area contributed by atoms with E-state index in [1.807, 2.05) is 0 Å². The van der Waals surface area contributed by atoms with Crippen LogP contribution >= 0.6 is 0 Å². The number of carbonyl (C=O) groups excluding carboxylic acids is 1. The molecule has 3 saturated heterocycles. The lowest BCUT2D eigenvalue weighted by Crippen LogP contribution is -2.56. The summed E-state index contributed by atoms with van der Waals surface area (Å²) in [4.78, 5) is 14.5. The van der Waals surface area contributed by atoms with Crippen molar-refractivity contribution >= 4 is 5.97 Å². The maximum atomic E-state index is 12.1. The summed E-state index contributed by atoms with van der Waals surface area (Å²) < 4.78 is 16.6. The molecular formula is C16H27NO4. The number of esters is 1. The normalized spacial score (nSPS) is 33.8. The maximum absolute atomic E-state index is 12.1. The first kappa shape index (κ1) is 15.3. The van der Waals surface area contributed by atoms with Gasteiger partial charge in [-0.3, -0.25) is 9.69 Å². The van der Waals surface area contributed by atoms with Gasteiger partial charge in [0, 0.05) is 25.9 Å². The zero-order chi connectivity index (χ0) is 14.7. The predicted molar refractivity (Wildman–Crippen MR) is 78.1 cm³/mol. The average Bonchev–Trinajstić information content (AvgIpc) is 2.55. The van der Waals surface area contributed by atoms with Gasteiger partial charge in [0.25, 0.3) is 0 Å². The van der Waals surface area contributed by atoms with Gasteiger partial charge in [0.1, 0.15) is 6.04 Å². The van der Waals surface area contributed by atoms with E-state index >= 15 is 0 Å². The number of piperidine rings is 1. The number of nitrogens with zero attached hydrogens (tertiary/aromatic N) is 1. The lowest BCUT2D eigenvalue weighted by molar-refractivity contribution is -0.166. The monoisotopic (exact) mass is 297 g/mol. The molecule has 0 radical (unpaired) electrons. The van der Waals surface area contributed by atoms with E-state index in [0.29, 0.717) is 6.04 Å². The summed E-state index contributed by atoms with van der Waals surface area (Å²) in [6, 6.07) is 0.394. The Balaban J connectivity index is 1.70. The number of hydrogen-bond donors (Lipinski definition) is 0. The van der Waals surface area contributed by atoms with Crippen LogP contribution in [-0.4, -0.2) is 62.0 Å². The lowest BCUT2D eigenvalue weighted by atomic mass is 9.82. The summed E-state index contributed by atoms with van der Waals surface area (Å²) in [5.74, 6) is -0.0674. The summed E-state index contributed by atoms with van der Waals surface area (Å²) in [6.45, 7) is 3.41. The molecule has 120 valence electrons. The molecule has 3 rings (SSSR count). The van der Waals surface area contributed by atoms with Gasteiger partial charge >= 0.3 is 5.97 Å². The van der Waals surface area contributed by atoms with Crippen molar-refractivity contribution in [1.29, 1.82) is 0 Å². The molecule has 0 aromatic carbocycles. The molecule has 1 spiro atoms. The first-order chi connectivity index (χ1) is 10.2. The van der Waals surface area contributed by atoms with Gasteiger partial charge in [0.15, 0.2) is 0 Å². The molecule has 0 aromatic rings.